The van der Waals surface area contributed by atoms with Crippen molar-refractivity contribution in [3.63, 3.8) is 0 Å². The van der Waals surface area contributed by atoms with Crippen LogP contribution in [0.5, 0.6) is 0 Å². The fourth-order valence-electron chi connectivity index (χ4n) is 0.966. The van der Waals surface area contributed by atoms with Crippen LogP contribution >= 0.6 is 0 Å². The number of carboxylic acids is 1. The number of carboxylic acid groups (broad SMARTS) is 1. The molecule has 0 aliphatic rings. The van der Waals surface area contributed by atoms with Crippen molar-refractivity contribution < 1.29 is 14.7 Å². The maximum Gasteiger partial charge on any atom is 0.305 e. The van der Waals surface area contributed by atoms with Gasteiger partial charge in [-0.1, -0.05) is 5.92 Å². The minimum absolute atomic E-state index is 0.155. The second-order valence-electron chi connectivity index (χ2n) is 2.76. The monoisotopic (exact) mass is 198 g/mol. The van der Waals surface area contributed by atoms with Gasteiger partial charge < -0.3 is 15.7 Å². The van der Waals surface area contributed by atoms with Gasteiger partial charge in [-0.05, 0) is 6.92 Å². The third-order valence-corrected chi connectivity index (χ3v) is 1.69. The Bertz CT molecular complexity index is 257. The number of likely N-dealkylation sites (N-methyl/N-ethyl adjacent to an activating group) is 1. The number of nitrogens with two attached hydrogens (primary N) is 1. The molecule has 0 heterocycles. The highest BCUT2D eigenvalue weighted by molar-refractivity contribution is 5.86. The summed E-state index contributed by atoms with van der Waals surface area (Å²) in [5.74, 6) is 0.792. The number of amides is 1. The zero-order chi connectivity index (χ0) is 11.1. The summed E-state index contributed by atoms with van der Waals surface area (Å²) in [7, 11) is 0. The Morgan fingerprint density at radius 1 is 1.64 bits per heavy atom. The molecule has 0 bridgehead atoms. The summed E-state index contributed by atoms with van der Waals surface area (Å²) in [6, 6.07) is -1.01. The van der Waals surface area contributed by atoms with Crippen molar-refractivity contribution in [3.8, 4) is 12.3 Å². The third kappa shape index (κ3) is 3.92. The maximum absolute atomic E-state index is 11.4. The van der Waals surface area contributed by atoms with E-state index in [1.807, 2.05) is 0 Å². The second kappa shape index (κ2) is 6.00. The van der Waals surface area contributed by atoms with Gasteiger partial charge in [0, 0.05) is 6.54 Å². The van der Waals surface area contributed by atoms with E-state index in [1.165, 1.54) is 4.90 Å². The molecule has 5 heteroatoms. The standard InChI is InChI=1S/C9H14N2O3/c1-3-5-11(4-2)9(14)7(10)6-8(12)13/h1,7H,4-6,10H2,2H3,(H,12,13). The molecule has 1 amide bonds. The van der Waals surface area contributed by atoms with Crippen LogP contribution in [0.3, 0.4) is 0 Å². The first-order valence-corrected chi connectivity index (χ1v) is 4.22. The minimum Gasteiger partial charge on any atom is -0.481 e. The summed E-state index contributed by atoms with van der Waals surface area (Å²) >= 11 is 0. The van der Waals surface area contributed by atoms with Gasteiger partial charge >= 0.3 is 5.97 Å². The molecule has 0 radical (unpaired) electrons. The van der Waals surface area contributed by atoms with Gasteiger partial charge in [0.15, 0.2) is 0 Å². The summed E-state index contributed by atoms with van der Waals surface area (Å²) in [5, 5.41) is 8.43. The molecular weight excluding hydrogens is 184 g/mol. The van der Waals surface area contributed by atoms with Crippen molar-refractivity contribution in [2.24, 2.45) is 5.73 Å². The maximum atomic E-state index is 11.4. The molecule has 14 heavy (non-hydrogen) atoms. The zero-order valence-corrected chi connectivity index (χ0v) is 8.06. The van der Waals surface area contributed by atoms with E-state index in [-0.39, 0.29) is 13.0 Å². The first kappa shape index (κ1) is 12.5. The number of terminal acetylenes is 1. The molecule has 0 spiro atoms. The Balaban J connectivity index is 4.28. The van der Waals surface area contributed by atoms with Gasteiger partial charge in [0.1, 0.15) is 0 Å². The van der Waals surface area contributed by atoms with Crippen molar-refractivity contribution >= 4 is 11.9 Å². The summed E-state index contributed by atoms with van der Waals surface area (Å²) in [5.41, 5.74) is 5.38. The number of aliphatic carboxylic acids is 1. The highest BCUT2D eigenvalue weighted by Crippen LogP contribution is 1.97. The molecule has 78 valence electrons. The molecular formula is C9H14N2O3. The van der Waals surface area contributed by atoms with Crippen LogP contribution in [0, 0.1) is 12.3 Å². The molecule has 3 N–H and O–H groups in total. The topological polar surface area (TPSA) is 83.6 Å². The fraction of sp³-hybridized carbons (Fsp3) is 0.556. The summed E-state index contributed by atoms with van der Waals surface area (Å²) < 4.78 is 0. The smallest absolute Gasteiger partial charge is 0.305 e. The van der Waals surface area contributed by atoms with E-state index in [0.29, 0.717) is 6.54 Å². The number of nitrogens with zero attached hydrogens (tertiary/aromatic N) is 1. The molecule has 0 aliphatic carbocycles. The van der Waals surface area contributed by atoms with Crippen LogP contribution in [0.1, 0.15) is 13.3 Å². The Morgan fingerprint density at radius 2 is 2.21 bits per heavy atom. The third-order valence-electron chi connectivity index (χ3n) is 1.69. The molecule has 1 unspecified atom stereocenters. The van der Waals surface area contributed by atoms with Gasteiger partial charge in [-0.3, -0.25) is 9.59 Å². The number of carbonyl (C=O) groups is 2. The molecule has 0 rings (SSSR count). The van der Waals surface area contributed by atoms with E-state index in [1.54, 1.807) is 6.92 Å². The largest absolute Gasteiger partial charge is 0.481 e. The summed E-state index contributed by atoms with van der Waals surface area (Å²) in [4.78, 5) is 23.1. The normalized spacial score (nSPS) is 11.5. The first-order valence-electron chi connectivity index (χ1n) is 4.22. The highest BCUT2D eigenvalue weighted by Gasteiger charge is 2.21. The molecule has 0 saturated carbocycles. The van der Waals surface area contributed by atoms with Crippen molar-refractivity contribution in [1.82, 2.24) is 4.90 Å². The fourth-order valence-corrected chi connectivity index (χ4v) is 0.966. The second-order valence-corrected chi connectivity index (χ2v) is 2.76. The number of rotatable bonds is 5. The van der Waals surface area contributed by atoms with E-state index in [2.05, 4.69) is 5.92 Å². The predicted molar refractivity (Wildman–Crippen MR) is 51.3 cm³/mol. The lowest BCUT2D eigenvalue weighted by Gasteiger charge is -2.21. The lowest BCUT2D eigenvalue weighted by atomic mass is 10.2. The molecule has 0 aromatic carbocycles. The Labute approximate surface area is 82.9 Å². The van der Waals surface area contributed by atoms with E-state index in [0.717, 1.165) is 0 Å². The van der Waals surface area contributed by atoms with Gasteiger partial charge in [0.05, 0.1) is 19.0 Å². The van der Waals surface area contributed by atoms with Crippen LogP contribution in [-0.2, 0) is 9.59 Å². The van der Waals surface area contributed by atoms with E-state index in [4.69, 9.17) is 17.3 Å². The molecule has 0 aromatic rings. The Kier molecular flexibility index (Phi) is 5.34. The number of hydrogen-bond acceptors (Lipinski definition) is 3. The molecule has 0 aliphatic heterocycles. The van der Waals surface area contributed by atoms with Crippen molar-refractivity contribution in [3.05, 3.63) is 0 Å². The van der Waals surface area contributed by atoms with Crippen LogP contribution in [0.25, 0.3) is 0 Å². The van der Waals surface area contributed by atoms with Crippen molar-refractivity contribution in [2.75, 3.05) is 13.1 Å². The quantitative estimate of drug-likeness (QED) is 0.570. The molecule has 0 saturated heterocycles. The van der Waals surface area contributed by atoms with Crippen LogP contribution < -0.4 is 5.73 Å². The average molecular weight is 198 g/mol. The summed E-state index contributed by atoms with van der Waals surface area (Å²) in [6.45, 7) is 2.34. The lowest BCUT2D eigenvalue weighted by molar-refractivity contribution is -0.141. The van der Waals surface area contributed by atoms with Gasteiger partial charge in [-0.25, -0.2) is 0 Å². The zero-order valence-electron chi connectivity index (χ0n) is 8.06. The Hall–Kier alpha value is -1.54. The molecule has 0 fully saturated rings. The van der Waals surface area contributed by atoms with Gasteiger partial charge in [0.2, 0.25) is 5.91 Å². The first-order chi connectivity index (χ1) is 6.52. The molecule has 5 nitrogen and oxygen atoms in total. The van der Waals surface area contributed by atoms with Crippen LogP contribution in [0.4, 0.5) is 0 Å². The van der Waals surface area contributed by atoms with E-state index in [9.17, 15) is 9.59 Å². The van der Waals surface area contributed by atoms with Crippen molar-refractivity contribution in [2.45, 2.75) is 19.4 Å². The van der Waals surface area contributed by atoms with E-state index < -0.39 is 17.9 Å². The van der Waals surface area contributed by atoms with Gasteiger partial charge in [0.25, 0.3) is 0 Å². The number of hydrogen-bond donors (Lipinski definition) is 2. The molecule has 0 aromatic heterocycles. The average Bonchev–Trinajstić information content (AvgIpc) is 2.12. The van der Waals surface area contributed by atoms with Gasteiger partial charge in [-0.15, -0.1) is 6.42 Å². The lowest BCUT2D eigenvalue weighted by Crippen LogP contribution is -2.44. The molecule has 1 atom stereocenters. The van der Waals surface area contributed by atoms with Crippen LogP contribution in [0.2, 0.25) is 0 Å². The summed E-state index contributed by atoms with van der Waals surface area (Å²) in [6.07, 6.45) is 4.67. The Morgan fingerprint density at radius 3 is 2.57 bits per heavy atom. The SMILES string of the molecule is C#CCN(CC)C(=O)C(N)CC(=O)O. The van der Waals surface area contributed by atoms with Crippen LogP contribution in [0.15, 0.2) is 0 Å². The number of carbonyl (C=O) groups excluding carboxylic acids is 1. The minimum atomic E-state index is -1.09. The highest BCUT2D eigenvalue weighted by atomic mass is 16.4. The van der Waals surface area contributed by atoms with Crippen LogP contribution in [-0.4, -0.2) is 41.0 Å². The van der Waals surface area contributed by atoms with Gasteiger partial charge in [-0.2, -0.15) is 0 Å². The van der Waals surface area contributed by atoms with E-state index >= 15 is 0 Å². The van der Waals surface area contributed by atoms with Crippen molar-refractivity contribution in [1.29, 1.82) is 0 Å². The predicted octanol–water partition coefficient (Wildman–Crippen LogP) is -0.730.